The van der Waals surface area contributed by atoms with Gasteiger partial charge in [-0.1, -0.05) is 25.4 Å². The van der Waals surface area contributed by atoms with Crippen LogP contribution in [0.25, 0.3) is 0 Å². The van der Waals surface area contributed by atoms with E-state index < -0.39 is 0 Å². The average Bonchev–Trinajstić information content (AvgIpc) is 2.22. The van der Waals surface area contributed by atoms with Crippen molar-refractivity contribution in [2.24, 2.45) is 5.92 Å². The molecule has 0 aliphatic carbocycles. The molecule has 0 amide bonds. The molecule has 1 aromatic carbocycles. The van der Waals surface area contributed by atoms with Crippen LogP contribution in [0.1, 0.15) is 32.3 Å². The predicted octanol–water partition coefficient (Wildman–Crippen LogP) is 3.82. The largest absolute Gasteiger partial charge is 0.393 e. The van der Waals surface area contributed by atoms with Crippen molar-refractivity contribution in [2.45, 2.75) is 39.2 Å². The summed E-state index contributed by atoms with van der Waals surface area (Å²) in [5.74, 6) is 0.0349. The van der Waals surface area contributed by atoms with Gasteiger partial charge in [-0.25, -0.2) is 4.39 Å². The first-order valence-electron chi connectivity index (χ1n) is 5.62. The quantitative estimate of drug-likeness (QED) is 0.835. The molecule has 0 fully saturated rings. The third kappa shape index (κ3) is 4.11. The van der Waals surface area contributed by atoms with E-state index in [4.69, 9.17) is 11.6 Å². The summed E-state index contributed by atoms with van der Waals surface area (Å²) in [4.78, 5) is 0. The Morgan fingerprint density at radius 1 is 1.38 bits per heavy atom. The zero-order valence-electron chi connectivity index (χ0n) is 9.71. The topological polar surface area (TPSA) is 20.2 Å². The predicted molar refractivity (Wildman–Crippen MR) is 65.2 cm³/mol. The fourth-order valence-corrected chi connectivity index (χ4v) is 1.76. The van der Waals surface area contributed by atoms with Crippen molar-refractivity contribution in [3.8, 4) is 0 Å². The molecule has 1 unspecified atom stereocenters. The highest BCUT2D eigenvalue weighted by Gasteiger charge is 2.09. The van der Waals surface area contributed by atoms with Gasteiger partial charge >= 0.3 is 0 Å². The number of aryl methyl sites for hydroxylation is 1. The van der Waals surface area contributed by atoms with E-state index in [9.17, 15) is 9.50 Å². The Bertz CT molecular complexity index is 339. The van der Waals surface area contributed by atoms with Crippen molar-refractivity contribution >= 4 is 11.6 Å². The number of aliphatic hydroxyl groups is 1. The summed E-state index contributed by atoms with van der Waals surface area (Å²) in [6.07, 6.45) is 1.79. The van der Waals surface area contributed by atoms with Crippen LogP contribution in [0, 0.1) is 11.7 Å². The van der Waals surface area contributed by atoms with Crippen LogP contribution in [0.3, 0.4) is 0 Å². The number of hydrogen-bond donors (Lipinski definition) is 1. The normalized spacial score (nSPS) is 13.1. The first-order chi connectivity index (χ1) is 7.50. The van der Waals surface area contributed by atoms with Crippen LogP contribution >= 0.6 is 11.6 Å². The standard InChI is InChI=1S/C13H18ClFO/c1-9(2)13(16)5-3-4-10-8-11(14)6-7-12(10)15/h6-9,13,16H,3-5H2,1-2H3. The molecule has 0 radical (unpaired) electrons. The maximum Gasteiger partial charge on any atom is 0.126 e. The molecule has 0 bridgehead atoms. The van der Waals surface area contributed by atoms with Crippen LogP contribution in [-0.4, -0.2) is 11.2 Å². The molecule has 0 saturated heterocycles. The SMILES string of the molecule is CC(C)C(O)CCCc1cc(Cl)ccc1F. The third-order valence-corrected chi connectivity index (χ3v) is 2.96. The van der Waals surface area contributed by atoms with Gasteiger partial charge in [-0.3, -0.25) is 0 Å². The lowest BCUT2D eigenvalue weighted by molar-refractivity contribution is 0.114. The summed E-state index contributed by atoms with van der Waals surface area (Å²) in [6.45, 7) is 3.95. The Kier molecular flexibility index (Phi) is 5.23. The maximum atomic E-state index is 13.3. The van der Waals surface area contributed by atoms with Gasteiger partial charge in [0.25, 0.3) is 0 Å². The lowest BCUT2D eigenvalue weighted by atomic mass is 9.99. The van der Waals surface area contributed by atoms with Gasteiger partial charge in [0.05, 0.1) is 6.10 Å². The van der Waals surface area contributed by atoms with E-state index in [1.54, 1.807) is 12.1 Å². The summed E-state index contributed by atoms with van der Waals surface area (Å²) in [5.41, 5.74) is 0.628. The average molecular weight is 245 g/mol. The first-order valence-corrected chi connectivity index (χ1v) is 6.00. The van der Waals surface area contributed by atoms with Gasteiger partial charge in [0, 0.05) is 5.02 Å². The minimum atomic E-state index is -0.303. The van der Waals surface area contributed by atoms with Crippen LogP contribution < -0.4 is 0 Å². The van der Waals surface area contributed by atoms with Crippen LogP contribution in [0.5, 0.6) is 0 Å². The second-order valence-electron chi connectivity index (χ2n) is 4.44. The number of benzene rings is 1. The molecule has 1 aromatic rings. The van der Waals surface area contributed by atoms with Gasteiger partial charge in [0.15, 0.2) is 0 Å². The summed E-state index contributed by atoms with van der Waals surface area (Å²) in [6, 6.07) is 4.58. The van der Waals surface area contributed by atoms with Gasteiger partial charge in [0.2, 0.25) is 0 Å². The molecule has 90 valence electrons. The Hall–Kier alpha value is -0.600. The molecular formula is C13H18ClFO. The Morgan fingerprint density at radius 3 is 2.69 bits per heavy atom. The molecule has 1 N–H and O–H groups in total. The van der Waals surface area contributed by atoms with Gasteiger partial charge in [-0.05, 0) is 48.9 Å². The molecular weight excluding hydrogens is 227 g/mol. The van der Waals surface area contributed by atoms with Crippen LogP contribution in [-0.2, 0) is 6.42 Å². The van der Waals surface area contributed by atoms with E-state index in [2.05, 4.69) is 0 Å². The van der Waals surface area contributed by atoms with E-state index in [-0.39, 0.29) is 17.8 Å². The van der Waals surface area contributed by atoms with Gasteiger partial charge in [-0.15, -0.1) is 0 Å². The second kappa shape index (κ2) is 6.21. The zero-order valence-corrected chi connectivity index (χ0v) is 10.5. The fraction of sp³-hybridized carbons (Fsp3) is 0.538. The van der Waals surface area contributed by atoms with Crippen molar-refractivity contribution in [1.29, 1.82) is 0 Å². The van der Waals surface area contributed by atoms with Crippen LogP contribution in [0.4, 0.5) is 4.39 Å². The van der Waals surface area contributed by atoms with Gasteiger partial charge in [0.1, 0.15) is 5.82 Å². The molecule has 0 aromatic heterocycles. The highest BCUT2D eigenvalue weighted by molar-refractivity contribution is 6.30. The molecule has 0 heterocycles. The molecule has 1 rings (SSSR count). The summed E-state index contributed by atoms with van der Waals surface area (Å²) in [7, 11) is 0. The van der Waals surface area contributed by atoms with E-state index in [1.807, 2.05) is 13.8 Å². The van der Waals surface area contributed by atoms with E-state index in [1.165, 1.54) is 6.07 Å². The Morgan fingerprint density at radius 2 is 2.06 bits per heavy atom. The van der Waals surface area contributed by atoms with Crippen LogP contribution in [0.2, 0.25) is 5.02 Å². The zero-order chi connectivity index (χ0) is 12.1. The first kappa shape index (κ1) is 13.5. The van der Waals surface area contributed by atoms with Crippen molar-refractivity contribution in [2.75, 3.05) is 0 Å². The van der Waals surface area contributed by atoms with E-state index >= 15 is 0 Å². The number of aliphatic hydroxyl groups excluding tert-OH is 1. The number of halogens is 2. The lowest BCUT2D eigenvalue weighted by Gasteiger charge is -2.13. The molecule has 0 saturated carbocycles. The molecule has 0 aliphatic heterocycles. The van der Waals surface area contributed by atoms with Crippen molar-refractivity contribution in [1.82, 2.24) is 0 Å². The van der Waals surface area contributed by atoms with E-state index in [0.29, 0.717) is 23.4 Å². The van der Waals surface area contributed by atoms with Crippen molar-refractivity contribution < 1.29 is 9.50 Å². The minimum absolute atomic E-state index is 0.219. The fourth-order valence-electron chi connectivity index (χ4n) is 1.57. The van der Waals surface area contributed by atoms with E-state index in [0.717, 1.165) is 6.42 Å². The van der Waals surface area contributed by atoms with Gasteiger partial charge in [-0.2, -0.15) is 0 Å². The van der Waals surface area contributed by atoms with Crippen molar-refractivity contribution in [3.05, 3.63) is 34.6 Å². The summed E-state index contributed by atoms with van der Waals surface area (Å²) < 4.78 is 13.3. The van der Waals surface area contributed by atoms with Crippen molar-refractivity contribution in [3.63, 3.8) is 0 Å². The second-order valence-corrected chi connectivity index (χ2v) is 4.88. The summed E-state index contributed by atoms with van der Waals surface area (Å²) in [5, 5.41) is 10.2. The highest BCUT2D eigenvalue weighted by atomic mass is 35.5. The van der Waals surface area contributed by atoms with Gasteiger partial charge < -0.3 is 5.11 Å². The molecule has 1 atom stereocenters. The minimum Gasteiger partial charge on any atom is -0.393 e. The highest BCUT2D eigenvalue weighted by Crippen LogP contribution is 2.18. The Balaban J connectivity index is 2.45. The Labute approximate surface area is 101 Å². The smallest absolute Gasteiger partial charge is 0.126 e. The molecule has 1 nitrogen and oxygen atoms in total. The number of rotatable bonds is 5. The summed E-state index contributed by atoms with van der Waals surface area (Å²) >= 11 is 5.79. The molecule has 3 heteroatoms. The molecule has 0 spiro atoms. The lowest BCUT2D eigenvalue weighted by Crippen LogP contribution is -2.14. The van der Waals surface area contributed by atoms with Crippen LogP contribution in [0.15, 0.2) is 18.2 Å². The third-order valence-electron chi connectivity index (χ3n) is 2.72. The monoisotopic (exact) mass is 244 g/mol. The number of hydrogen-bond acceptors (Lipinski definition) is 1. The maximum absolute atomic E-state index is 13.3. The molecule has 0 aliphatic rings. The molecule has 16 heavy (non-hydrogen) atoms.